The van der Waals surface area contributed by atoms with Crippen molar-refractivity contribution in [3.63, 3.8) is 0 Å². The van der Waals surface area contributed by atoms with Crippen LogP contribution < -0.4 is 27.8 Å². The molecule has 12 nitrogen and oxygen atoms in total. The van der Waals surface area contributed by atoms with Crippen molar-refractivity contribution < 1.29 is 29.7 Å². The monoisotopic (exact) mass is 438 g/mol. The minimum atomic E-state index is -1.40. The van der Waals surface area contributed by atoms with Gasteiger partial charge >= 0.3 is 5.97 Å². The Kier molecular flexibility index (Phi) is 10.2. The summed E-state index contributed by atoms with van der Waals surface area (Å²) in [7, 11) is 0. The number of rotatable bonds is 12. The molecule has 0 heterocycles. The van der Waals surface area contributed by atoms with Crippen molar-refractivity contribution >= 4 is 23.7 Å². The number of nitrogens with two attached hydrogens (primary N) is 3. The number of phenolic OH excluding ortho intramolecular Hbond substituents is 1. The van der Waals surface area contributed by atoms with E-state index in [1.807, 2.05) is 0 Å². The fraction of sp³-hybridized carbons (Fsp3) is 0.474. The van der Waals surface area contributed by atoms with Gasteiger partial charge in [-0.2, -0.15) is 0 Å². The summed E-state index contributed by atoms with van der Waals surface area (Å²) in [5.74, 6) is -2.91. The maximum Gasteiger partial charge on any atom is 0.326 e. The number of aliphatic imine (C=N–C) groups is 1. The number of phenols is 1. The normalized spacial score (nSPS) is 14.5. The number of aliphatic carboxylic acids is 1. The third-order valence-electron chi connectivity index (χ3n) is 4.35. The van der Waals surface area contributed by atoms with E-state index in [9.17, 15) is 29.7 Å². The molecule has 1 aromatic carbocycles. The van der Waals surface area contributed by atoms with E-state index >= 15 is 0 Å². The van der Waals surface area contributed by atoms with Crippen LogP contribution in [0, 0.1) is 0 Å². The van der Waals surface area contributed by atoms with Crippen LogP contribution in [0.25, 0.3) is 0 Å². The van der Waals surface area contributed by atoms with Crippen LogP contribution in [0.4, 0.5) is 0 Å². The van der Waals surface area contributed by atoms with Crippen molar-refractivity contribution in [3.8, 4) is 5.75 Å². The van der Waals surface area contributed by atoms with Crippen LogP contribution in [-0.4, -0.2) is 69.8 Å². The van der Waals surface area contributed by atoms with E-state index in [2.05, 4.69) is 15.6 Å². The second-order valence-corrected chi connectivity index (χ2v) is 7.05. The molecule has 172 valence electrons. The number of hydrogen-bond donors (Lipinski definition) is 8. The van der Waals surface area contributed by atoms with Gasteiger partial charge in [0.2, 0.25) is 11.8 Å². The van der Waals surface area contributed by atoms with Crippen LogP contribution in [0.2, 0.25) is 0 Å². The Morgan fingerprint density at radius 1 is 1.10 bits per heavy atom. The number of hydrogen-bond acceptors (Lipinski definition) is 7. The van der Waals surface area contributed by atoms with E-state index < -0.39 is 42.0 Å². The molecule has 31 heavy (non-hydrogen) atoms. The van der Waals surface area contributed by atoms with Gasteiger partial charge in [0.1, 0.15) is 17.8 Å². The average Bonchev–Trinajstić information content (AvgIpc) is 2.69. The van der Waals surface area contributed by atoms with Crippen molar-refractivity contribution in [1.82, 2.24) is 10.6 Å². The van der Waals surface area contributed by atoms with Crippen molar-refractivity contribution in [2.75, 3.05) is 6.54 Å². The predicted octanol–water partition coefficient (Wildman–Crippen LogP) is -2.25. The molecule has 0 saturated heterocycles. The lowest BCUT2D eigenvalue weighted by Crippen LogP contribution is -2.58. The molecule has 0 aromatic heterocycles. The SMILES string of the molecule is C[C@@H](O)[C@H](NC(=O)[C@@H](N)Cc1ccc(O)cc1)C(=O)N[C@@H](CCCN=C(N)N)C(=O)O. The molecule has 2 amide bonds. The largest absolute Gasteiger partial charge is 0.508 e. The zero-order valence-electron chi connectivity index (χ0n) is 17.2. The first-order chi connectivity index (χ1) is 14.5. The number of guanidine groups is 1. The lowest BCUT2D eigenvalue weighted by molar-refractivity contribution is -0.143. The van der Waals surface area contributed by atoms with Gasteiger partial charge in [-0.1, -0.05) is 12.1 Å². The number of carbonyl (C=O) groups is 3. The fourth-order valence-electron chi connectivity index (χ4n) is 2.67. The Labute approximate surface area is 179 Å². The first kappa shape index (κ1) is 25.7. The van der Waals surface area contributed by atoms with Crippen LogP contribution in [0.3, 0.4) is 0 Å². The summed E-state index contributed by atoms with van der Waals surface area (Å²) in [6.45, 7) is 1.47. The highest BCUT2D eigenvalue weighted by atomic mass is 16.4. The third kappa shape index (κ3) is 9.31. The minimum absolute atomic E-state index is 0.0404. The number of aliphatic hydroxyl groups excluding tert-OH is 1. The van der Waals surface area contributed by atoms with Crippen molar-refractivity contribution in [3.05, 3.63) is 29.8 Å². The van der Waals surface area contributed by atoms with Gasteiger partial charge in [-0.25, -0.2) is 4.79 Å². The highest BCUT2D eigenvalue weighted by Crippen LogP contribution is 2.11. The van der Waals surface area contributed by atoms with Gasteiger partial charge in [0, 0.05) is 6.54 Å². The van der Waals surface area contributed by atoms with Crippen molar-refractivity contribution in [2.45, 2.75) is 50.4 Å². The molecular weight excluding hydrogens is 408 g/mol. The molecule has 12 heteroatoms. The number of aliphatic hydroxyl groups is 1. The summed E-state index contributed by atoms with van der Waals surface area (Å²) < 4.78 is 0. The number of amides is 2. The Morgan fingerprint density at radius 2 is 1.71 bits per heavy atom. The van der Waals surface area contributed by atoms with Gasteiger partial charge < -0.3 is 43.2 Å². The lowest BCUT2D eigenvalue weighted by Gasteiger charge is -2.24. The van der Waals surface area contributed by atoms with Gasteiger partial charge in [-0.05, 0) is 43.9 Å². The maximum absolute atomic E-state index is 12.5. The predicted molar refractivity (Wildman–Crippen MR) is 113 cm³/mol. The quantitative estimate of drug-likeness (QED) is 0.1000. The van der Waals surface area contributed by atoms with Crippen LogP contribution >= 0.6 is 0 Å². The molecule has 0 bridgehead atoms. The molecule has 4 atom stereocenters. The Hall–Kier alpha value is -3.38. The van der Waals surface area contributed by atoms with E-state index in [0.29, 0.717) is 12.0 Å². The summed E-state index contributed by atoms with van der Waals surface area (Å²) in [5, 5.41) is 33.2. The molecule has 0 radical (unpaired) electrons. The number of aromatic hydroxyl groups is 1. The Balaban J connectivity index is 2.71. The van der Waals surface area contributed by atoms with E-state index in [1.165, 1.54) is 19.1 Å². The van der Waals surface area contributed by atoms with Crippen molar-refractivity contribution in [2.24, 2.45) is 22.2 Å². The molecule has 0 spiro atoms. The summed E-state index contributed by atoms with van der Waals surface area (Å²) >= 11 is 0. The van der Waals surface area contributed by atoms with Crippen LogP contribution in [0.5, 0.6) is 5.75 Å². The van der Waals surface area contributed by atoms with Crippen LogP contribution in [0.15, 0.2) is 29.3 Å². The molecule has 1 aromatic rings. The number of carboxylic acid groups (broad SMARTS) is 1. The third-order valence-corrected chi connectivity index (χ3v) is 4.35. The Morgan fingerprint density at radius 3 is 2.23 bits per heavy atom. The molecule has 0 aliphatic carbocycles. The standard InChI is InChI=1S/C19H30N6O6/c1-10(26)15(17(29)24-14(18(30)31)3-2-8-23-19(21)22)25-16(28)13(20)9-11-4-6-12(27)7-5-11/h4-7,10,13-15,26-27H,2-3,8-9,20H2,1H3,(H,24,29)(H,25,28)(H,30,31)(H4,21,22,23)/t10-,13+,14+,15+/m1/s1. The number of benzene rings is 1. The molecule has 11 N–H and O–H groups in total. The van der Waals surface area contributed by atoms with Crippen LogP contribution in [0.1, 0.15) is 25.3 Å². The molecule has 0 fully saturated rings. The smallest absolute Gasteiger partial charge is 0.326 e. The first-order valence-corrected chi connectivity index (χ1v) is 9.61. The zero-order chi connectivity index (χ0) is 23.6. The first-order valence-electron chi connectivity index (χ1n) is 9.61. The molecular formula is C19H30N6O6. The summed E-state index contributed by atoms with van der Waals surface area (Å²) in [5.41, 5.74) is 17.0. The zero-order valence-corrected chi connectivity index (χ0v) is 17.2. The molecule has 0 aliphatic rings. The van der Waals surface area contributed by atoms with E-state index in [-0.39, 0.29) is 31.1 Å². The topological polar surface area (TPSA) is 226 Å². The van der Waals surface area contributed by atoms with Gasteiger partial charge in [-0.3, -0.25) is 14.6 Å². The maximum atomic E-state index is 12.5. The molecule has 1 rings (SSSR count). The summed E-state index contributed by atoms with van der Waals surface area (Å²) in [6, 6.07) is 2.40. The van der Waals surface area contributed by atoms with E-state index in [0.717, 1.165) is 0 Å². The number of carbonyl (C=O) groups excluding carboxylic acids is 2. The molecule has 0 aliphatic heterocycles. The van der Waals surface area contributed by atoms with Crippen molar-refractivity contribution in [1.29, 1.82) is 0 Å². The Bertz CT molecular complexity index is 779. The molecule has 0 unspecified atom stereocenters. The minimum Gasteiger partial charge on any atom is -0.508 e. The summed E-state index contributed by atoms with van der Waals surface area (Å²) in [4.78, 5) is 40.1. The van der Waals surface area contributed by atoms with Gasteiger partial charge in [-0.15, -0.1) is 0 Å². The fourth-order valence-corrected chi connectivity index (χ4v) is 2.67. The second kappa shape index (κ2) is 12.3. The van der Waals surface area contributed by atoms with E-state index in [4.69, 9.17) is 17.2 Å². The number of nitrogens with one attached hydrogen (secondary N) is 2. The van der Waals surface area contributed by atoms with Gasteiger partial charge in [0.05, 0.1) is 12.1 Å². The number of carboxylic acids is 1. The second-order valence-electron chi connectivity index (χ2n) is 7.05. The highest BCUT2D eigenvalue weighted by Gasteiger charge is 2.30. The lowest BCUT2D eigenvalue weighted by atomic mass is 10.0. The van der Waals surface area contributed by atoms with Gasteiger partial charge in [0.25, 0.3) is 0 Å². The van der Waals surface area contributed by atoms with E-state index in [1.54, 1.807) is 12.1 Å². The van der Waals surface area contributed by atoms with Crippen LogP contribution in [-0.2, 0) is 20.8 Å². The number of nitrogens with zero attached hydrogens (tertiary/aromatic N) is 1. The van der Waals surface area contributed by atoms with Gasteiger partial charge in [0.15, 0.2) is 5.96 Å². The highest BCUT2D eigenvalue weighted by molar-refractivity contribution is 5.92. The summed E-state index contributed by atoms with van der Waals surface area (Å²) in [6.07, 6.45) is -0.847. The average molecular weight is 438 g/mol. The molecule has 0 saturated carbocycles.